The molecule has 0 radical (unpaired) electrons. The van der Waals surface area contributed by atoms with E-state index in [1.807, 2.05) is 69.5 Å². The maximum atomic E-state index is 15.1. The zero-order valence-corrected chi connectivity index (χ0v) is 25.7. The van der Waals surface area contributed by atoms with E-state index in [4.69, 9.17) is 4.74 Å². The number of anilines is 1. The van der Waals surface area contributed by atoms with E-state index in [2.05, 4.69) is 20.1 Å². The summed E-state index contributed by atoms with van der Waals surface area (Å²) in [4.78, 5) is 22.0. The van der Waals surface area contributed by atoms with Crippen molar-refractivity contribution in [2.75, 3.05) is 31.1 Å². The molecule has 3 aromatic heterocycles. The Hall–Kier alpha value is -4.38. The Kier molecular flexibility index (Phi) is 7.83. The number of piperazine rings is 1. The van der Waals surface area contributed by atoms with Crippen molar-refractivity contribution < 1.29 is 22.7 Å². The van der Waals surface area contributed by atoms with Gasteiger partial charge in [-0.3, -0.25) is 5.10 Å². The third-order valence-corrected chi connectivity index (χ3v) is 8.53. The molecule has 0 unspecified atom stereocenters. The smallest absolute Gasteiger partial charge is 0.410 e. The Morgan fingerprint density at radius 2 is 1.66 bits per heavy atom. The molecular weight excluding hydrogens is 587 g/mol. The molecule has 1 aliphatic rings. The van der Waals surface area contributed by atoms with E-state index in [9.17, 15) is 9.18 Å². The van der Waals surface area contributed by atoms with Crippen molar-refractivity contribution >= 4 is 34.2 Å². The molecule has 44 heavy (non-hydrogen) atoms. The van der Waals surface area contributed by atoms with Gasteiger partial charge in [-0.1, -0.05) is 25.1 Å². The van der Waals surface area contributed by atoms with Gasteiger partial charge in [-0.05, 0) is 74.0 Å². The van der Waals surface area contributed by atoms with Crippen LogP contribution in [0, 0.1) is 17.5 Å². The minimum atomic E-state index is -1.28. The summed E-state index contributed by atoms with van der Waals surface area (Å²) in [6.07, 6.45) is 0.0665. The van der Waals surface area contributed by atoms with Gasteiger partial charge in [0.2, 0.25) is 0 Å². The van der Waals surface area contributed by atoms with E-state index in [0.29, 0.717) is 49.5 Å². The third-order valence-electron chi connectivity index (χ3n) is 7.65. The average molecular weight is 620 g/mol. The van der Waals surface area contributed by atoms with Crippen LogP contribution >= 0.6 is 11.3 Å². The fourth-order valence-electron chi connectivity index (χ4n) is 5.62. The number of nitrogens with one attached hydrogen (secondary N) is 1. The van der Waals surface area contributed by atoms with Crippen LogP contribution < -0.4 is 4.90 Å². The van der Waals surface area contributed by atoms with Gasteiger partial charge in [0.1, 0.15) is 17.1 Å². The Balaban J connectivity index is 1.42. The molecule has 1 saturated heterocycles. The number of thiophene rings is 1. The van der Waals surface area contributed by atoms with Gasteiger partial charge in [-0.25, -0.2) is 22.9 Å². The maximum Gasteiger partial charge on any atom is 0.410 e. The van der Waals surface area contributed by atoms with E-state index < -0.39 is 28.6 Å². The highest BCUT2D eigenvalue weighted by molar-refractivity contribution is 7.13. The number of hydrogen-bond donors (Lipinski definition) is 1. The molecule has 228 valence electrons. The summed E-state index contributed by atoms with van der Waals surface area (Å²) < 4.78 is 50.1. The van der Waals surface area contributed by atoms with Gasteiger partial charge in [-0.15, -0.1) is 11.3 Å². The number of halogens is 3. The number of benzene rings is 2. The summed E-state index contributed by atoms with van der Waals surface area (Å²) in [5.41, 5.74) is 3.11. The topological polar surface area (TPSA) is 74.4 Å². The molecular formula is C33H32F3N5O2S. The second-order valence-corrected chi connectivity index (χ2v) is 12.6. The van der Waals surface area contributed by atoms with Crippen molar-refractivity contribution in [1.29, 1.82) is 0 Å². The van der Waals surface area contributed by atoms with Crippen LogP contribution in [0.5, 0.6) is 0 Å². The Morgan fingerprint density at radius 1 is 0.955 bits per heavy atom. The first-order valence-corrected chi connectivity index (χ1v) is 15.4. The average Bonchev–Trinajstić information content (AvgIpc) is 3.68. The molecule has 4 heterocycles. The number of pyridine rings is 1. The number of nitrogens with zero attached hydrogens (tertiary/aromatic N) is 4. The quantitative estimate of drug-likeness (QED) is 0.202. The van der Waals surface area contributed by atoms with Crippen LogP contribution in [0.15, 0.2) is 53.9 Å². The van der Waals surface area contributed by atoms with Crippen molar-refractivity contribution in [3.05, 3.63) is 76.9 Å². The van der Waals surface area contributed by atoms with Crippen LogP contribution in [0.25, 0.3) is 44.0 Å². The van der Waals surface area contributed by atoms with Gasteiger partial charge < -0.3 is 14.5 Å². The van der Waals surface area contributed by atoms with E-state index in [1.165, 1.54) is 11.3 Å². The van der Waals surface area contributed by atoms with E-state index >= 15 is 8.78 Å². The summed E-state index contributed by atoms with van der Waals surface area (Å²) in [6, 6.07) is 13.5. The first-order valence-electron chi connectivity index (χ1n) is 14.5. The summed E-state index contributed by atoms with van der Waals surface area (Å²) in [5, 5.41) is 10.2. The Bertz CT molecular complexity index is 1820. The summed E-state index contributed by atoms with van der Waals surface area (Å²) in [5.74, 6) is -3.32. The largest absolute Gasteiger partial charge is 0.444 e. The second-order valence-electron chi connectivity index (χ2n) is 11.7. The van der Waals surface area contributed by atoms with Crippen LogP contribution in [0.4, 0.5) is 23.7 Å². The van der Waals surface area contributed by atoms with Gasteiger partial charge in [-0.2, -0.15) is 5.10 Å². The van der Waals surface area contributed by atoms with E-state index in [-0.39, 0.29) is 11.8 Å². The number of aromatic nitrogens is 3. The van der Waals surface area contributed by atoms with Crippen LogP contribution in [-0.4, -0.2) is 58.0 Å². The predicted molar refractivity (Wildman–Crippen MR) is 167 cm³/mol. The van der Waals surface area contributed by atoms with Gasteiger partial charge in [0.15, 0.2) is 17.3 Å². The van der Waals surface area contributed by atoms with Crippen LogP contribution in [0.3, 0.4) is 0 Å². The van der Waals surface area contributed by atoms with E-state index in [0.717, 1.165) is 39.2 Å². The van der Waals surface area contributed by atoms with Crippen molar-refractivity contribution in [3.63, 3.8) is 0 Å². The number of hydrogen-bond acceptors (Lipinski definition) is 6. The second kappa shape index (κ2) is 11.6. The molecule has 11 heteroatoms. The molecule has 0 aliphatic carbocycles. The molecule has 6 rings (SSSR count). The molecule has 1 fully saturated rings. The minimum Gasteiger partial charge on any atom is -0.444 e. The van der Waals surface area contributed by atoms with Crippen LogP contribution in [0.2, 0.25) is 0 Å². The van der Waals surface area contributed by atoms with Gasteiger partial charge in [0.25, 0.3) is 0 Å². The van der Waals surface area contributed by atoms with Crippen LogP contribution in [0.1, 0.15) is 33.3 Å². The Labute approximate surface area is 257 Å². The van der Waals surface area contributed by atoms with Gasteiger partial charge >= 0.3 is 6.09 Å². The van der Waals surface area contributed by atoms with Crippen LogP contribution in [-0.2, 0) is 11.2 Å². The van der Waals surface area contributed by atoms with Crippen molar-refractivity contribution in [1.82, 2.24) is 20.1 Å². The third kappa shape index (κ3) is 5.52. The highest BCUT2D eigenvalue weighted by Gasteiger charge is 2.28. The number of rotatable bonds is 5. The number of carbonyl (C=O) groups is 1. The molecule has 2 aromatic carbocycles. The van der Waals surface area contributed by atoms with Crippen molar-refractivity contribution in [3.8, 4) is 33.0 Å². The molecule has 1 N–H and O–H groups in total. The maximum absolute atomic E-state index is 15.1. The van der Waals surface area contributed by atoms with Gasteiger partial charge in [0, 0.05) is 37.4 Å². The highest BCUT2D eigenvalue weighted by atomic mass is 32.1. The van der Waals surface area contributed by atoms with Crippen molar-refractivity contribution in [2.45, 2.75) is 39.7 Å². The Morgan fingerprint density at radius 3 is 2.30 bits per heavy atom. The van der Waals surface area contributed by atoms with Gasteiger partial charge in [0.05, 0.1) is 21.5 Å². The normalized spacial score (nSPS) is 14.0. The molecule has 7 nitrogen and oxygen atoms in total. The molecule has 5 aromatic rings. The number of carbonyl (C=O) groups excluding carboxylic acids is 1. The summed E-state index contributed by atoms with van der Waals surface area (Å²) in [7, 11) is 0. The lowest BCUT2D eigenvalue weighted by Crippen LogP contribution is -2.50. The first kappa shape index (κ1) is 29.7. The monoisotopic (exact) mass is 619 g/mol. The highest BCUT2D eigenvalue weighted by Crippen LogP contribution is 2.43. The SMILES string of the molecule is CCc1c(-c2c(F)ccc(F)c2F)nc2[nH]nc(-c3cccs3)c2c1-c1ccc(N2CCN(C(=O)OC(C)(C)C)CC2)cc1. The molecule has 0 saturated carbocycles. The summed E-state index contributed by atoms with van der Waals surface area (Å²) >= 11 is 1.52. The number of H-pyrrole nitrogens is 1. The molecule has 0 bridgehead atoms. The lowest BCUT2D eigenvalue weighted by molar-refractivity contribution is 0.0240. The lowest BCUT2D eigenvalue weighted by Gasteiger charge is -2.36. The number of aromatic amines is 1. The number of fused-ring (bicyclic) bond motifs is 1. The fourth-order valence-corrected chi connectivity index (χ4v) is 6.34. The van der Waals surface area contributed by atoms with E-state index in [1.54, 1.807) is 4.90 Å². The number of amides is 1. The zero-order valence-electron chi connectivity index (χ0n) is 24.9. The lowest BCUT2D eigenvalue weighted by atomic mass is 9.90. The first-order chi connectivity index (χ1) is 21.1. The minimum absolute atomic E-state index is 0.0354. The standard InChI is InChI=1S/C33H32F3N5O2S/c1-5-21-25(19-8-10-20(11-9-19)40-14-16-41(17-15-40)32(42)43-33(2,3)4)27-30(24-7-6-18-44-24)38-39-31(27)37-29(21)26-22(34)12-13-23(35)28(26)36/h6-13,18H,5,14-17H2,1-4H3,(H,37,38,39). The van der Waals surface area contributed by atoms with Crippen molar-refractivity contribution in [2.24, 2.45) is 0 Å². The fraction of sp³-hybridized carbons (Fsp3) is 0.303. The predicted octanol–water partition coefficient (Wildman–Crippen LogP) is 8.06. The summed E-state index contributed by atoms with van der Waals surface area (Å²) in [6.45, 7) is 9.80. The number of ether oxygens (including phenoxy) is 1. The molecule has 1 aliphatic heterocycles. The molecule has 1 amide bonds. The zero-order chi connectivity index (χ0) is 31.2. The molecule has 0 atom stereocenters. The molecule has 0 spiro atoms.